The van der Waals surface area contributed by atoms with Gasteiger partial charge in [0.15, 0.2) is 0 Å². The maximum absolute atomic E-state index is 11.7. The van der Waals surface area contributed by atoms with Gasteiger partial charge >= 0.3 is 0 Å². The Morgan fingerprint density at radius 2 is 1.96 bits per heavy atom. The van der Waals surface area contributed by atoms with Gasteiger partial charge in [-0.15, -0.1) is 0 Å². The van der Waals surface area contributed by atoms with Crippen molar-refractivity contribution in [1.29, 1.82) is 5.26 Å². The molecule has 2 aromatic rings. The summed E-state index contributed by atoms with van der Waals surface area (Å²) in [6.45, 7) is 1.59. The van der Waals surface area contributed by atoms with Crippen molar-refractivity contribution in [2.45, 2.75) is 13.3 Å². The number of methoxy groups -OCH3 is 1. The summed E-state index contributed by atoms with van der Waals surface area (Å²) in [5, 5.41) is 11.6. The van der Waals surface area contributed by atoms with Gasteiger partial charge in [-0.05, 0) is 37.1 Å². The van der Waals surface area contributed by atoms with Gasteiger partial charge in [-0.3, -0.25) is 4.72 Å². The van der Waals surface area contributed by atoms with Crippen LogP contribution in [0.1, 0.15) is 18.9 Å². The summed E-state index contributed by atoms with van der Waals surface area (Å²) in [7, 11) is 0.208. The highest BCUT2D eigenvalue weighted by molar-refractivity contribution is 7.92. The molecule has 0 radical (unpaired) electrons. The first-order chi connectivity index (χ1) is 12.9. The summed E-state index contributed by atoms with van der Waals surface area (Å²) in [5.41, 5.74) is 2.72. The highest BCUT2D eigenvalue weighted by Gasteiger charge is 2.16. The number of aromatic nitrogens is 1. The molecule has 0 saturated carbocycles. The van der Waals surface area contributed by atoms with Crippen molar-refractivity contribution in [3.63, 3.8) is 0 Å². The minimum atomic E-state index is -3.32. The SMILES string of the molecule is CCS(=O)(=O)Nc1ccc(-c2c(C#N)c3c(n2C)=CC(OC)=CCC=3)cc1. The second kappa shape index (κ2) is 7.33. The lowest BCUT2D eigenvalue weighted by Crippen LogP contribution is -2.28. The largest absolute Gasteiger partial charge is 0.497 e. The van der Waals surface area contributed by atoms with Crippen molar-refractivity contribution < 1.29 is 13.2 Å². The lowest BCUT2D eigenvalue weighted by atomic mass is 10.1. The molecule has 0 spiro atoms. The fourth-order valence-corrected chi connectivity index (χ4v) is 3.77. The molecule has 1 aromatic heterocycles. The van der Waals surface area contributed by atoms with Crippen LogP contribution in [0.3, 0.4) is 0 Å². The maximum Gasteiger partial charge on any atom is 0.232 e. The highest BCUT2D eigenvalue weighted by atomic mass is 32.2. The quantitative estimate of drug-likeness (QED) is 0.854. The number of ether oxygens (including phenoxy) is 1. The number of fused-ring (bicyclic) bond motifs is 1. The molecule has 140 valence electrons. The van der Waals surface area contributed by atoms with Gasteiger partial charge in [0, 0.05) is 24.0 Å². The zero-order valence-electron chi connectivity index (χ0n) is 15.5. The Morgan fingerprint density at radius 1 is 1.26 bits per heavy atom. The standard InChI is InChI=1S/C20H21N3O3S/c1-4-27(24,25)22-15-10-8-14(9-11-15)20-18(13-21)17-7-5-6-16(26-3)12-19(17)23(20)2/h6-12,22H,4-5H2,1-3H3. The Balaban J connectivity index is 2.13. The molecular weight excluding hydrogens is 362 g/mol. The van der Waals surface area contributed by atoms with E-state index >= 15 is 0 Å². The Morgan fingerprint density at radius 3 is 2.56 bits per heavy atom. The molecule has 0 fully saturated rings. The molecule has 27 heavy (non-hydrogen) atoms. The molecule has 1 aromatic carbocycles. The van der Waals surface area contributed by atoms with Crippen molar-refractivity contribution in [3.8, 4) is 17.3 Å². The zero-order chi connectivity index (χ0) is 19.6. The zero-order valence-corrected chi connectivity index (χ0v) is 16.3. The van der Waals surface area contributed by atoms with E-state index in [0.717, 1.165) is 27.6 Å². The van der Waals surface area contributed by atoms with Crippen LogP contribution in [0, 0.1) is 11.3 Å². The summed E-state index contributed by atoms with van der Waals surface area (Å²) in [6.07, 6.45) is 6.59. The van der Waals surface area contributed by atoms with Gasteiger partial charge in [0.25, 0.3) is 0 Å². The van der Waals surface area contributed by atoms with Crippen LogP contribution in [-0.2, 0) is 21.8 Å². The number of nitrogens with one attached hydrogen (secondary N) is 1. The van der Waals surface area contributed by atoms with Crippen LogP contribution >= 0.6 is 0 Å². The third kappa shape index (κ3) is 3.62. The van der Waals surface area contributed by atoms with Gasteiger partial charge < -0.3 is 9.30 Å². The van der Waals surface area contributed by atoms with E-state index in [1.54, 1.807) is 26.2 Å². The van der Waals surface area contributed by atoms with Crippen molar-refractivity contribution in [3.05, 3.63) is 52.2 Å². The summed E-state index contributed by atoms with van der Waals surface area (Å²) < 4.78 is 33.3. The van der Waals surface area contributed by atoms with Crippen LogP contribution in [-0.4, -0.2) is 25.8 Å². The predicted molar refractivity (Wildman–Crippen MR) is 107 cm³/mol. The van der Waals surface area contributed by atoms with Gasteiger partial charge in [0.05, 0.1) is 29.5 Å². The first kappa shape index (κ1) is 18.8. The average Bonchev–Trinajstić information content (AvgIpc) is 2.81. The number of benzene rings is 1. The maximum atomic E-state index is 11.7. The average molecular weight is 383 g/mol. The fraction of sp³-hybridized carbons (Fsp3) is 0.250. The summed E-state index contributed by atoms with van der Waals surface area (Å²) in [5.74, 6) is 0.768. The van der Waals surface area contributed by atoms with Crippen molar-refractivity contribution in [2.24, 2.45) is 7.05 Å². The van der Waals surface area contributed by atoms with Crippen molar-refractivity contribution in [2.75, 3.05) is 17.6 Å². The van der Waals surface area contributed by atoms with Crippen LogP contribution in [0.4, 0.5) is 5.69 Å². The van der Waals surface area contributed by atoms with Crippen LogP contribution in [0.2, 0.25) is 0 Å². The Hall–Kier alpha value is -2.98. The molecular formula is C20H21N3O3S. The van der Waals surface area contributed by atoms with E-state index in [2.05, 4.69) is 10.8 Å². The van der Waals surface area contributed by atoms with Gasteiger partial charge in [-0.1, -0.05) is 18.2 Å². The number of rotatable bonds is 5. The third-order valence-corrected chi connectivity index (χ3v) is 5.86. The Bertz CT molecular complexity index is 1170. The Labute approximate surface area is 158 Å². The molecule has 6 nitrogen and oxygen atoms in total. The second-order valence-corrected chi connectivity index (χ2v) is 8.18. The molecule has 1 heterocycles. The molecule has 3 rings (SSSR count). The van der Waals surface area contributed by atoms with Crippen molar-refractivity contribution >= 4 is 27.9 Å². The second-order valence-electron chi connectivity index (χ2n) is 6.17. The molecule has 0 amide bonds. The van der Waals surface area contributed by atoms with E-state index in [0.29, 0.717) is 17.7 Å². The summed E-state index contributed by atoms with van der Waals surface area (Å²) in [4.78, 5) is 0. The van der Waals surface area contributed by atoms with E-state index in [1.165, 1.54) is 0 Å². The number of hydrogen-bond acceptors (Lipinski definition) is 4. The highest BCUT2D eigenvalue weighted by Crippen LogP contribution is 2.23. The molecule has 7 heteroatoms. The van der Waals surface area contributed by atoms with Gasteiger partial charge in [0.1, 0.15) is 11.8 Å². The minimum Gasteiger partial charge on any atom is -0.497 e. The molecule has 1 N–H and O–H groups in total. The fourth-order valence-electron chi connectivity index (χ4n) is 3.13. The van der Waals surface area contributed by atoms with Gasteiger partial charge in [-0.2, -0.15) is 5.26 Å². The van der Waals surface area contributed by atoms with E-state index < -0.39 is 10.0 Å². The first-order valence-electron chi connectivity index (χ1n) is 8.56. The van der Waals surface area contributed by atoms with Gasteiger partial charge in [-0.25, -0.2) is 8.42 Å². The number of allylic oxidation sites excluding steroid dienone is 2. The third-order valence-electron chi connectivity index (χ3n) is 4.56. The molecule has 1 aliphatic carbocycles. The molecule has 0 saturated heterocycles. The Kier molecular flexibility index (Phi) is 5.10. The number of nitriles is 1. The lowest BCUT2D eigenvalue weighted by molar-refractivity contribution is 0.312. The first-order valence-corrected chi connectivity index (χ1v) is 10.2. The molecule has 0 atom stereocenters. The lowest BCUT2D eigenvalue weighted by Gasteiger charge is -2.09. The van der Waals surface area contributed by atoms with E-state index in [-0.39, 0.29) is 5.75 Å². The van der Waals surface area contributed by atoms with Crippen LogP contribution in [0.15, 0.2) is 36.1 Å². The number of nitrogens with zero attached hydrogens (tertiary/aromatic N) is 2. The normalized spacial score (nSPS) is 13.3. The molecule has 0 bridgehead atoms. The summed E-state index contributed by atoms with van der Waals surface area (Å²) >= 11 is 0. The number of sulfonamides is 1. The van der Waals surface area contributed by atoms with Crippen LogP contribution < -0.4 is 15.3 Å². The van der Waals surface area contributed by atoms with Crippen molar-refractivity contribution in [1.82, 2.24) is 4.57 Å². The van der Waals surface area contributed by atoms with E-state index in [4.69, 9.17) is 4.74 Å². The summed E-state index contributed by atoms with van der Waals surface area (Å²) in [6, 6.07) is 9.36. The minimum absolute atomic E-state index is 0.0128. The predicted octanol–water partition coefficient (Wildman–Crippen LogP) is 1.82. The van der Waals surface area contributed by atoms with Crippen LogP contribution in [0.25, 0.3) is 23.4 Å². The topological polar surface area (TPSA) is 84.1 Å². The van der Waals surface area contributed by atoms with Gasteiger partial charge in [0.2, 0.25) is 10.0 Å². The molecule has 1 aliphatic rings. The monoisotopic (exact) mass is 383 g/mol. The van der Waals surface area contributed by atoms with E-state index in [9.17, 15) is 13.7 Å². The van der Waals surface area contributed by atoms with E-state index in [1.807, 2.05) is 42.0 Å². The van der Waals surface area contributed by atoms with Crippen LogP contribution in [0.5, 0.6) is 0 Å². The number of hydrogen-bond donors (Lipinski definition) is 1. The smallest absolute Gasteiger partial charge is 0.232 e. The molecule has 0 aliphatic heterocycles. The number of anilines is 1. The molecule has 0 unspecified atom stereocenters.